The number of rotatable bonds is 8. The summed E-state index contributed by atoms with van der Waals surface area (Å²) >= 11 is 0. The van der Waals surface area contributed by atoms with Gasteiger partial charge in [0.25, 0.3) is 0 Å². The van der Waals surface area contributed by atoms with Gasteiger partial charge >= 0.3 is 6.18 Å². The summed E-state index contributed by atoms with van der Waals surface area (Å²) in [6.45, 7) is 1.88. The average Bonchev–Trinajstić information content (AvgIpc) is 2.15. The highest BCUT2D eigenvalue weighted by Gasteiger charge is 2.27. The fraction of sp³-hybridized carbons (Fsp3) is 0.889. The molecule has 0 bridgehead atoms. The molecular formula is C9H17F3N2O2. The Kier molecular flexibility index (Phi) is 7.92. The quantitative estimate of drug-likeness (QED) is 0.615. The Morgan fingerprint density at radius 2 is 2.00 bits per heavy atom. The van der Waals surface area contributed by atoms with Crippen LogP contribution in [0, 0.1) is 0 Å². The molecule has 0 fully saturated rings. The molecule has 0 saturated carbocycles. The summed E-state index contributed by atoms with van der Waals surface area (Å²) in [5.41, 5.74) is 0. The molecule has 2 N–H and O–H groups in total. The van der Waals surface area contributed by atoms with Crippen LogP contribution in [0.2, 0.25) is 0 Å². The predicted molar refractivity (Wildman–Crippen MR) is 53.0 cm³/mol. The van der Waals surface area contributed by atoms with Crippen LogP contribution in [0.5, 0.6) is 0 Å². The SMILES string of the molecule is CCNC(=O)CCNCCOCC(F)(F)F. The standard InChI is InChI=1S/C9H17F3N2O2/c1-2-14-8(15)3-4-13-5-6-16-7-9(10,11)12/h13H,2-7H2,1H3,(H,14,15). The van der Waals surface area contributed by atoms with Crippen molar-refractivity contribution in [2.45, 2.75) is 19.5 Å². The van der Waals surface area contributed by atoms with Crippen molar-refractivity contribution in [2.24, 2.45) is 0 Å². The summed E-state index contributed by atoms with van der Waals surface area (Å²) in [6, 6.07) is 0. The molecule has 0 spiro atoms. The monoisotopic (exact) mass is 242 g/mol. The van der Waals surface area contributed by atoms with E-state index in [-0.39, 0.29) is 12.5 Å². The summed E-state index contributed by atoms with van der Waals surface area (Å²) in [5.74, 6) is -0.0776. The first-order valence-electron chi connectivity index (χ1n) is 5.07. The van der Waals surface area contributed by atoms with Crippen LogP contribution >= 0.6 is 0 Å². The zero-order chi connectivity index (χ0) is 12.4. The summed E-state index contributed by atoms with van der Waals surface area (Å²) < 4.78 is 39.2. The number of ether oxygens (including phenoxy) is 1. The van der Waals surface area contributed by atoms with Crippen molar-refractivity contribution in [1.82, 2.24) is 10.6 Å². The molecule has 0 heterocycles. The number of carbonyl (C=O) groups is 1. The van der Waals surface area contributed by atoms with Gasteiger partial charge in [0.15, 0.2) is 0 Å². The second kappa shape index (κ2) is 8.35. The zero-order valence-corrected chi connectivity index (χ0v) is 9.19. The first-order chi connectivity index (χ1) is 7.45. The summed E-state index contributed by atoms with van der Waals surface area (Å²) in [6.07, 6.45) is -3.96. The topological polar surface area (TPSA) is 50.4 Å². The maximum Gasteiger partial charge on any atom is 0.411 e. The van der Waals surface area contributed by atoms with Gasteiger partial charge in [0.05, 0.1) is 6.61 Å². The molecule has 1 amide bonds. The summed E-state index contributed by atoms with van der Waals surface area (Å²) in [7, 11) is 0. The Morgan fingerprint density at radius 1 is 1.31 bits per heavy atom. The lowest BCUT2D eigenvalue weighted by Crippen LogP contribution is -2.29. The van der Waals surface area contributed by atoms with E-state index in [1.165, 1.54) is 0 Å². The molecule has 0 aromatic rings. The minimum Gasteiger partial charge on any atom is -0.371 e. The lowest BCUT2D eigenvalue weighted by molar-refractivity contribution is -0.173. The highest BCUT2D eigenvalue weighted by atomic mass is 19.4. The van der Waals surface area contributed by atoms with Gasteiger partial charge in [-0.2, -0.15) is 13.2 Å². The molecule has 0 aromatic heterocycles. The van der Waals surface area contributed by atoms with Crippen molar-refractivity contribution in [3.8, 4) is 0 Å². The maximum atomic E-state index is 11.6. The van der Waals surface area contributed by atoms with Crippen LogP contribution < -0.4 is 10.6 Å². The lowest BCUT2D eigenvalue weighted by Gasteiger charge is -2.08. The van der Waals surface area contributed by atoms with Crippen LogP contribution in [0.3, 0.4) is 0 Å². The molecule has 0 aliphatic carbocycles. The molecule has 0 aliphatic rings. The Labute approximate surface area is 92.5 Å². The third kappa shape index (κ3) is 11.3. The van der Waals surface area contributed by atoms with Gasteiger partial charge < -0.3 is 15.4 Å². The molecule has 7 heteroatoms. The number of alkyl halides is 3. The molecular weight excluding hydrogens is 225 g/mol. The fourth-order valence-electron chi connectivity index (χ4n) is 0.945. The Balaban J connectivity index is 3.19. The number of hydrogen-bond donors (Lipinski definition) is 2. The minimum absolute atomic E-state index is 0.0189. The molecule has 0 saturated heterocycles. The van der Waals surface area contributed by atoms with E-state index in [0.717, 1.165) is 0 Å². The zero-order valence-electron chi connectivity index (χ0n) is 9.19. The van der Waals surface area contributed by atoms with E-state index in [1.54, 1.807) is 0 Å². The maximum absolute atomic E-state index is 11.6. The second-order valence-electron chi connectivity index (χ2n) is 3.12. The van der Waals surface area contributed by atoms with Gasteiger partial charge in [-0.05, 0) is 6.92 Å². The normalized spacial score (nSPS) is 11.5. The Morgan fingerprint density at radius 3 is 2.56 bits per heavy atom. The molecule has 0 aromatic carbocycles. The van der Waals surface area contributed by atoms with E-state index in [9.17, 15) is 18.0 Å². The number of halogens is 3. The van der Waals surface area contributed by atoms with Gasteiger partial charge in [-0.15, -0.1) is 0 Å². The van der Waals surface area contributed by atoms with Crippen LogP contribution in [-0.4, -0.2) is 44.9 Å². The van der Waals surface area contributed by atoms with E-state index >= 15 is 0 Å². The molecule has 0 unspecified atom stereocenters. The lowest BCUT2D eigenvalue weighted by atomic mass is 10.4. The van der Waals surface area contributed by atoms with Crippen molar-refractivity contribution in [3.05, 3.63) is 0 Å². The minimum atomic E-state index is -4.28. The largest absolute Gasteiger partial charge is 0.411 e. The molecule has 0 atom stereocenters. The van der Waals surface area contributed by atoms with Crippen LogP contribution in [0.1, 0.15) is 13.3 Å². The molecule has 0 rings (SSSR count). The van der Waals surface area contributed by atoms with Gasteiger partial charge in [-0.25, -0.2) is 0 Å². The van der Waals surface area contributed by atoms with Crippen LogP contribution in [0.25, 0.3) is 0 Å². The van der Waals surface area contributed by atoms with Crippen LogP contribution in [0.4, 0.5) is 13.2 Å². The van der Waals surface area contributed by atoms with Crippen molar-refractivity contribution in [2.75, 3.05) is 32.8 Å². The van der Waals surface area contributed by atoms with E-state index in [0.29, 0.717) is 26.1 Å². The number of hydrogen-bond acceptors (Lipinski definition) is 3. The summed E-state index contributed by atoms with van der Waals surface area (Å²) in [5, 5.41) is 5.42. The fourth-order valence-corrected chi connectivity index (χ4v) is 0.945. The van der Waals surface area contributed by atoms with E-state index in [1.807, 2.05) is 6.92 Å². The Bertz CT molecular complexity index is 198. The van der Waals surface area contributed by atoms with Gasteiger partial charge in [0.1, 0.15) is 6.61 Å². The molecule has 96 valence electrons. The van der Waals surface area contributed by atoms with Crippen molar-refractivity contribution in [3.63, 3.8) is 0 Å². The van der Waals surface area contributed by atoms with E-state index in [2.05, 4.69) is 15.4 Å². The molecule has 0 aliphatic heterocycles. The highest BCUT2D eigenvalue weighted by Crippen LogP contribution is 2.13. The number of carbonyl (C=O) groups excluding carboxylic acids is 1. The first kappa shape index (κ1) is 15.2. The van der Waals surface area contributed by atoms with Crippen LogP contribution in [-0.2, 0) is 9.53 Å². The van der Waals surface area contributed by atoms with Crippen molar-refractivity contribution >= 4 is 5.91 Å². The smallest absolute Gasteiger partial charge is 0.371 e. The van der Waals surface area contributed by atoms with Gasteiger partial charge in [-0.3, -0.25) is 4.79 Å². The molecule has 0 radical (unpaired) electrons. The third-order valence-corrected chi connectivity index (χ3v) is 1.59. The Hall–Kier alpha value is -0.820. The van der Waals surface area contributed by atoms with Gasteiger partial charge in [0.2, 0.25) is 5.91 Å². The van der Waals surface area contributed by atoms with Crippen molar-refractivity contribution < 1.29 is 22.7 Å². The van der Waals surface area contributed by atoms with Crippen LogP contribution in [0.15, 0.2) is 0 Å². The molecule has 16 heavy (non-hydrogen) atoms. The number of nitrogens with one attached hydrogen (secondary N) is 2. The summed E-state index contributed by atoms with van der Waals surface area (Å²) in [4.78, 5) is 10.9. The van der Waals surface area contributed by atoms with Crippen molar-refractivity contribution in [1.29, 1.82) is 0 Å². The second-order valence-corrected chi connectivity index (χ2v) is 3.12. The third-order valence-electron chi connectivity index (χ3n) is 1.59. The highest BCUT2D eigenvalue weighted by molar-refractivity contribution is 5.75. The van der Waals surface area contributed by atoms with E-state index < -0.39 is 12.8 Å². The average molecular weight is 242 g/mol. The van der Waals surface area contributed by atoms with Gasteiger partial charge in [-0.1, -0.05) is 0 Å². The predicted octanol–water partition coefficient (Wildman–Crippen LogP) is 0.681. The number of amides is 1. The molecule has 4 nitrogen and oxygen atoms in total. The first-order valence-corrected chi connectivity index (χ1v) is 5.07. The van der Waals surface area contributed by atoms with Gasteiger partial charge in [0, 0.05) is 26.1 Å². The van der Waals surface area contributed by atoms with E-state index in [4.69, 9.17) is 0 Å².